The van der Waals surface area contributed by atoms with Gasteiger partial charge in [-0.25, -0.2) is 4.98 Å². The van der Waals surface area contributed by atoms with Crippen LogP contribution in [0, 0.1) is 6.92 Å². The van der Waals surface area contributed by atoms with Crippen LogP contribution in [0.25, 0.3) is 11.0 Å². The number of amides is 1. The van der Waals surface area contributed by atoms with Crippen molar-refractivity contribution in [1.29, 1.82) is 0 Å². The smallest absolute Gasteiger partial charge is 0.248 e. The molecule has 8 heteroatoms. The van der Waals surface area contributed by atoms with Crippen molar-refractivity contribution < 1.29 is 4.79 Å². The number of fused-ring (bicyclic) bond motifs is 1. The van der Waals surface area contributed by atoms with E-state index in [-0.39, 0.29) is 12.5 Å². The first-order chi connectivity index (χ1) is 13.0. The molecule has 0 aliphatic rings. The fourth-order valence-electron chi connectivity index (χ4n) is 3.06. The van der Waals surface area contributed by atoms with E-state index >= 15 is 0 Å². The lowest BCUT2D eigenvalue weighted by molar-refractivity contribution is -0.117. The molecule has 1 aromatic carbocycles. The Morgan fingerprint density at radius 1 is 1.26 bits per heavy atom. The number of hydrogen-bond donors (Lipinski definition) is 1. The number of benzene rings is 1. The van der Waals surface area contributed by atoms with Crippen LogP contribution in [0.1, 0.15) is 19.5 Å². The molecule has 0 atom stereocenters. The zero-order chi connectivity index (χ0) is 19.4. The summed E-state index contributed by atoms with van der Waals surface area (Å²) in [7, 11) is 0. The Bertz CT molecular complexity index is 928. The minimum Gasteiger partial charge on any atom is -0.309 e. The van der Waals surface area contributed by atoms with E-state index < -0.39 is 0 Å². The summed E-state index contributed by atoms with van der Waals surface area (Å²) < 4.78 is 4.64. The number of anilines is 1. The molecule has 0 fully saturated rings. The van der Waals surface area contributed by atoms with Crippen LogP contribution in [-0.2, 0) is 17.9 Å². The van der Waals surface area contributed by atoms with Crippen molar-refractivity contribution >= 4 is 38.8 Å². The Morgan fingerprint density at radius 2 is 2.00 bits per heavy atom. The molecule has 0 aliphatic carbocycles. The summed E-state index contributed by atoms with van der Waals surface area (Å²) in [4.78, 5) is 19.5. The van der Waals surface area contributed by atoms with Gasteiger partial charge in [0.1, 0.15) is 6.54 Å². The number of halogens is 1. The number of rotatable bonds is 8. The lowest BCUT2D eigenvalue weighted by Crippen LogP contribution is -2.28. The number of hydrogen-bond acceptors (Lipinski definition) is 4. The Hall–Kier alpha value is -2.19. The second kappa shape index (κ2) is 8.67. The Labute approximate surface area is 167 Å². The Balaban J connectivity index is 1.81. The number of likely N-dealkylation sites (N-methyl/N-ethyl adjacent to an activating group) is 1. The highest BCUT2D eigenvalue weighted by Gasteiger charge is 2.15. The lowest BCUT2D eigenvalue weighted by atomic mass is 10.3. The summed E-state index contributed by atoms with van der Waals surface area (Å²) in [6, 6.07) is 7.96. The molecule has 0 bridgehead atoms. The van der Waals surface area contributed by atoms with Crippen molar-refractivity contribution in [3.05, 3.63) is 40.6 Å². The van der Waals surface area contributed by atoms with Crippen molar-refractivity contribution in [1.82, 2.24) is 24.2 Å². The number of carbonyl (C=O) groups is 1. The highest BCUT2D eigenvalue weighted by Crippen LogP contribution is 2.20. The van der Waals surface area contributed by atoms with Crippen LogP contribution in [0.2, 0.25) is 0 Å². The summed E-state index contributed by atoms with van der Waals surface area (Å²) in [5, 5.41) is 7.18. The first-order valence-electron chi connectivity index (χ1n) is 9.18. The second-order valence-electron chi connectivity index (χ2n) is 6.39. The van der Waals surface area contributed by atoms with Crippen LogP contribution in [0.4, 0.5) is 5.95 Å². The van der Waals surface area contributed by atoms with Gasteiger partial charge in [0, 0.05) is 13.1 Å². The van der Waals surface area contributed by atoms with Gasteiger partial charge < -0.3 is 9.47 Å². The fraction of sp³-hybridized carbons (Fsp3) is 0.421. The zero-order valence-corrected chi connectivity index (χ0v) is 17.5. The summed E-state index contributed by atoms with van der Waals surface area (Å²) in [5.74, 6) is 0.435. The predicted octanol–water partition coefficient (Wildman–Crippen LogP) is 3.28. The monoisotopic (exact) mass is 432 g/mol. The molecular formula is C19H25BrN6O. The largest absolute Gasteiger partial charge is 0.309 e. The van der Waals surface area contributed by atoms with Crippen molar-refractivity contribution in [3.63, 3.8) is 0 Å². The highest BCUT2D eigenvalue weighted by atomic mass is 79.9. The van der Waals surface area contributed by atoms with Gasteiger partial charge >= 0.3 is 0 Å². The molecule has 7 nitrogen and oxygen atoms in total. The van der Waals surface area contributed by atoms with Crippen molar-refractivity contribution in [2.24, 2.45) is 0 Å². The average Bonchev–Trinajstić information content (AvgIpc) is 3.17. The summed E-state index contributed by atoms with van der Waals surface area (Å²) >= 11 is 3.42. The quantitative estimate of drug-likeness (QED) is 0.592. The molecular weight excluding hydrogens is 408 g/mol. The van der Waals surface area contributed by atoms with Gasteiger partial charge in [-0.3, -0.25) is 14.8 Å². The number of para-hydroxylation sites is 2. The number of imidazole rings is 1. The van der Waals surface area contributed by atoms with Gasteiger partial charge in [0.25, 0.3) is 0 Å². The second-order valence-corrected chi connectivity index (χ2v) is 7.24. The van der Waals surface area contributed by atoms with Crippen LogP contribution in [0.5, 0.6) is 0 Å². The average molecular weight is 433 g/mol. The molecule has 3 rings (SSSR count). The lowest BCUT2D eigenvalue weighted by Gasteiger charge is -2.19. The summed E-state index contributed by atoms with van der Waals surface area (Å²) in [5.41, 5.74) is 2.82. The summed E-state index contributed by atoms with van der Waals surface area (Å²) in [6.07, 6.45) is 1.70. The van der Waals surface area contributed by atoms with Crippen molar-refractivity contribution in [2.45, 2.75) is 33.9 Å². The Kier molecular flexibility index (Phi) is 6.28. The number of nitrogens with one attached hydrogen (secondary N) is 1. The topological polar surface area (TPSA) is 68.0 Å². The van der Waals surface area contributed by atoms with Gasteiger partial charge in [0.05, 0.1) is 27.4 Å². The molecule has 144 valence electrons. The van der Waals surface area contributed by atoms with E-state index in [0.29, 0.717) is 5.95 Å². The van der Waals surface area contributed by atoms with Crippen LogP contribution < -0.4 is 5.32 Å². The van der Waals surface area contributed by atoms with Crippen LogP contribution >= 0.6 is 15.9 Å². The highest BCUT2D eigenvalue weighted by molar-refractivity contribution is 9.10. The molecule has 1 N–H and O–H groups in total. The molecule has 1 amide bonds. The van der Waals surface area contributed by atoms with Gasteiger partial charge in [0.15, 0.2) is 0 Å². The van der Waals surface area contributed by atoms with E-state index in [4.69, 9.17) is 0 Å². The van der Waals surface area contributed by atoms with Gasteiger partial charge in [-0.1, -0.05) is 26.0 Å². The van der Waals surface area contributed by atoms with E-state index in [0.717, 1.165) is 47.4 Å². The van der Waals surface area contributed by atoms with Gasteiger partial charge in [-0.2, -0.15) is 5.10 Å². The van der Waals surface area contributed by atoms with Crippen LogP contribution in [0.3, 0.4) is 0 Å². The first-order valence-corrected chi connectivity index (χ1v) is 9.98. The molecule has 0 aliphatic heterocycles. The third-order valence-corrected chi connectivity index (χ3v) is 5.56. The maximum absolute atomic E-state index is 12.6. The van der Waals surface area contributed by atoms with E-state index in [1.54, 1.807) is 10.9 Å². The van der Waals surface area contributed by atoms with Gasteiger partial charge in [-0.15, -0.1) is 0 Å². The maximum Gasteiger partial charge on any atom is 0.248 e. The molecule has 2 heterocycles. The Morgan fingerprint density at radius 3 is 2.67 bits per heavy atom. The third-order valence-electron chi connectivity index (χ3n) is 4.78. The van der Waals surface area contributed by atoms with Crippen molar-refractivity contribution in [2.75, 3.05) is 25.0 Å². The predicted molar refractivity (Wildman–Crippen MR) is 111 cm³/mol. The number of aromatic nitrogens is 4. The van der Waals surface area contributed by atoms with E-state index in [1.165, 1.54) is 0 Å². The molecule has 0 radical (unpaired) electrons. The van der Waals surface area contributed by atoms with E-state index in [2.05, 4.69) is 54.6 Å². The van der Waals surface area contributed by atoms with Gasteiger partial charge in [0.2, 0.25) is 11.9 Å². The van der Waals surface area contributed by atoms with Crippen molar-refractivity contribution in [3.8, 4) is 0 Å². The molecule has 2 aromatic heterocycles. The van der Waals surface area contributed by atoms with Gasteiger partial charge in [-0.05, 0) is 48.1 Å². The third kappa shape index (κ3) is 4.39. The van der Waals surface area contributed by atoms with Crippen LogP contribution in [-0.4, -0.2) is 49.8 Å². The normalized spacial score (nSPS) is 11.4. The molecule has 0 unspecified atom stereocenters. The fourth-order valence-corrected chi connectivity index (χ4v) is 3.36. The minimum atomic E-state index is -0.145. The van der Waals surface area contributed by atoms with Crippen LogP contribution in [0.15, 0.2) is 34.9 Å². The molecule has 27 heavy (non-hydrogen) atoms. The number of nitrogens with zero attached hydrogens (tertiary/aromatic N) is 5. The van der Waals surface area contributed by atoms with E-state index in [1.807, 2.05) is 31.2 Å². The zero-order valence-electron chi connectivity index (χ0n) is 15.9. The number of carbonyl (C=O) groups excluding carboxylic acids is 1. The van der Waals surface area contributed by atoms with E-state index in [9.17, 15) is 4.79 Å². The molecule has 0 spiro atoms. The molecule has 0 saturated heterocycles. The first kappa shape index (κ1) is 19.6. The SMILES string of the molecule is CCN(CC)CCn1c(NC(=O)Cn2ncc(Br)c2C)nc2ccccc21. The molecule has 3 aromatic rings. The standard InChI is InChI=1S/C19H25BrN6O/c1-4-24(5-2)10-11-25-17-9-7-6-8-16(17)22-19(25)23-18(27)13-26-14(3)15(20)12-21-26/h6-9,12H,4-5,10-11,13H2,1-3H3,(H,22,23,27). The molecule has 0 saturated carbocycles. The maximum atomic E-state index is 12.6. The summed E-state index contributed by atoms with van der Waals surface area (Å²) in [6.45, 7) is 10.0. The minimum absolute atomic E-state index is 0.145.